The summed E-state index contributed by atoms with van der Waals surface area (Å²) in [5, 5.41) is 0.591. The Labute approximate surface area is 178 Å². The molecule has 0 radical (unpaired) electrons. The van der Waals surface area contributed by atoms with Gasteiger partial charge in [0.05, 0.1) is 17.3 Å². The first-order valence-corrected chi connectivity index (χ1v) is 11.1. The smallest absolute Gasteiger partial charge is 0.306 e. The predicted molar refractivity (Wildman–Crippen MR) is 116 cm³/mol. The van der Waals surface area contributed by atoms with Crippen LogP contribution in [0.5, 0.6) is 0 Å². The maximum absolute atomic E-state index is 12.9. The molecule has 0 saturated heterocycles. The number of ketones is 1. The molecule has 4 rings (SSSR count). The lowest BCUT2D eigenvalue weighted by atomic mass is 10.1. The lowest BCUT2D eigenvalue weighted by Crippen LogP contribution is -2.25. The zero-order chi connectivity index (χ0) is 21.1. The number of benzene rings is 2. The molecule has 1 heterocycles. The van der Waals surface area contributed by atoms with Gasteiger partial charge in [0, 0.05) is 22.9 Å². The van der Waals surface area contributed by atoms with Gasteiger partial charge in [-0.25, -0.2) is 4.98 Å². The SMILES string of the molecule is CSc1ccc(C(=O)COC(=O)CCc2nc3ccccc3c(=O)n2C2CC2)cc1. The van der Waals surface area contributed by atoms with E-state index in [4.69, 9.17) is 4.74 Å². The minimum absolute atomic E-state index is 0.0599. The zero-order valence-electron chi connectivity index (χ0n) is 16.7. The molecule has 30 heavy (non-hydrogen) atoms. The van der Waals surface area contributed by atoms with Crippen molar-refractivity contribution in [2.24, 2.45) is 0 Å². The van der Waals surface area contributed by atoms with E-state index in [1.807, 2.05) is 30.5 Å². The van der Waals surface area contributed by atoms with Crippen LogP contribution in [-0.2, 0) is 16.0 Å². The summed E-state index contributed by atoms with van der Waals surface area (Å²) < 4.78 is 6.88. The van der Waals surface area contributed by atoms with Crippen LogP contribution >= 0.6 is 11.8 Å². The quantitative estimate of drug-likeness (QED) is 0.312. The van der Waals surface area contributed by atoms with Gasteiger partial charge in [0.25, 0.3) is 5.56 Å². The molecular formula is C23H22N2O4S. The van der Waals surface area contributed by atoms with Gasteiger partial charge in [-0.1, -0.05) is 24.3 Å². The van der Waals surface area contributed by atoms with Crippen molar-refractivity contribution in [3.8, 4) is 0 Å². The first-order chi connectivity index (χ1) is 14.6. The van der Waals surface area contributed by atoms with Gasteiger partial charge in [-0.05, 0) is 43.4 Å². The van der Waals surface area contributed by atoms with Gasteiger partial charge in [0.15, 0.2) is 12.4 Å². The summed E-state index contributed by atoms with van der Waals surface area (Å²) in [5.74, 6) is -0.124. The lowest BCUT2D eigenvalue weighted by molar-refractivity contribution is -0.142. The van der Waals surface area contributed by atoms with Crippen LogP contribution < -0.4 is 5.56 Å². The number of Topliss-reactive ketones (excluding diaryl/α,β-unsaturated/α-hetero) is 1. The highest BCUT2D eigenvalue weighted by Gasteiger charge is 2.28. The number of ether oxygens (including phenoxy) is 1. The van der Waals surface area contributed by atoms with E-state index in [0.717, 1.165) is 17.7 Å². The second kappa shape index (κ2) is 8.83. The summed E-state index contributed by atoms with van der Waals surface area (Å²) in [6.45, 7) is -0.294. The third-order valence-electron chi connectivity index (χ3n) is 5.12. The van der Waals surface area contributed by atoms with Crippen LogP contribution in [0.25, 0.3) is 10.9 Å². The summed E-state index contributed by atoms with van der Waals surface area (Å²) in [5.41, 5.74) is 1.08. The van der Waals surface area contributed by atoms with Crippen molar-refractivity contribution in [3.05, 3.63) is 70.3 Å². The molecule has 0 unspecified atom stereocenters. The number of esters is 1. The molecule has 1 fully saturated rings. The van der Waals surface area contributed by atoms with Gasteiger partial charge < -0.3 is 4.74 Å². The molecule has 1 aliphatic rings. The Morgan fingerprint density at radius 1 is 1.13 bits per heavy atom. The van der Waals surface area contributed by atoms with Crippen LogP contribution in [0.3, 0.4) is 0 Å². The lowest BCUT2D eigenvalue weighted by Gasteiger charge is -2.12. The van der Waals surface area contributed by atoms with Crippen LogP contribution in [0.1, 0.15) is 41.5 Å². The third-order valence-corrected chi connectivity index (χ3v) is 5.87. The normalized spacial score (nSPS) is 13.4. The Hall–Kier alpha value is -2.93. The van der Waals surface area contributed by atoms with Crippen molar-refractivity contribution < 1.29 is 14.3 Å². The van der Waals surface area contributed by atoms with Crippen molar-refractivity contribution in [1.29, 1.82) is 0 Å². The zero-order valence-corrected chi connectivity index (χ0v) is 17.5. The molecule has 0 amide bonds. The number of thioether (sulfide) groups is 1. The van der Waals surface area contributed by atoms with E-state index in [-0.39, 0.29) is 30.4 Å². The van der Waals surface area contributed by atoms with Gasteiger partial charge in [-0.3, -0.25) is 19.0 Å². The standard InChI is InChI=1S/C23H22N2O4S/c1-30-17-10-6-15(7-11-17)20(26)14-29-22(27)13-12-21-24-19-5-3-2-4-18(19)23(28)25(21)16-8-9-16/h2-7,10-11,16H,8-9,12-14H2,1H3. The van der Waals surface area contributed by atoms with E-state index in [2.05, 4.69) is 4.98 Å². The van der Waals surface area contributed by atoms with E-state index in [9.17, 15) is 14.4 Å². The molecule has 154 valence electrons. The summed E-state index contributed by atoms with van der Waals surface area (Å²) in [7, 11) is 0. The number of nitrogens with zero attached hydrogens (tertiary/aromatic N) is 2. The van der Waals surface area contributed by atoms with Gasteiger partial charge in [0.1, 0.15) is 5.82 Å². The van der Waals surface area contributed by atoms with Gasteiger partial charge in [-0.2, -0.15) is 0 Å². The van der Waals surface area contributed by atoms with E-state index in [1.54, 1.807) is 40.6 Å². The first-order valence-electron chi connectivity index (χ1n) is 9.90. The van der Waals surface area contributed by atoms with Crippen molar-refractivity contribution in [2.45, 2.75) is 36.6 Å². The monoisotopic (exact) mass is 422 g/mol. The Kier molecular flexibility index (Phi) is 5.99. The number of fused-ring (bicyclic) bond motifs is 1. The number of aryl methyl sites for hydroxylation is 1. The molecule has 6 nitrogen and oxygen atoms in total. The third kappa shape index (κ3) is 4.46. The fourth-order valence-corrected chi connectivity index (χ4v) is 3.78. The maximum Gasteiger partial charge on any atom is 0.306 e. The molecule has 7 heteroatoms. The molecule has 2 aromatic carbocycles. The fourth-order valence-electron chi connectivity index (χ4n) is 3.37. The highest BCUT2D eigenvalue weighted by atomic mass is 32.2. The second-order valence-electron chi connectivity index (χ2n) is 7.26. The minimum Gasteiger partial charge on any atom is -0.457 e. The van der Waals surface area contributed by atoms with Crippen LogP contribution in [0.2, 0.25) is 0 Å². The number of hydrogen-bond donors (Lipinski definition) is 0. The highest BCUT2D eigenvalue weighted by molar-refractivity contribution is 7.98. The number of para-hydroxylation sites is 1. The average molecular weight is 423 g/mol. The van der Waals surface area contributed by atoms with Crippen molar-refractivity contribution in [1.82, 2.24) is 9.55 Å². The summed E-state index contributed by atoms with van der Waals surface area (Å²) in [6, 6.07) is 14.6. The molecule has 1 aliphatic carbocycles. The summed E-state index contributed by atoms with van der Waals surface area (Å²) in [4.78, 5) is 43.0. The first kappa shape index (κ1) is 20.3. The summed E-state index contributed by atoms with van der Waals surface area (Å²) in [6.07, 6.45) is 4.22. The van der Waals surface area contributed by atoms with Gasteiger partial charge in [0.2, 0.25) is 0 Å². The highest BCUT2D eigenvalue weighted by Crippen LogP contribution is 2.34. The molecule has 0 atom stereocenters. The molecule has 0 aliphatic heterocycles. The number of aromatic nitrogens is 2. The summed E-state index contributed by atoms with van der Waals surface area (Å²) >= 11 is 1.59. The second-order valence-corrected chi connectivity index (χ2v) is 8.14. The maximum atomic E-state index is 12.9. The topological polar surface area (TPSA) is 78.3 Å². The Morgan fingerprint density at radius 3 is 2.57 bits per heavy atom. The molecule has 0 bridgehead atoms. The molecule has 0 spiro atoms. The van der Waals surface area contributed by atoms with Crippen LogP contribution in [0.15, 0.2) is 58.2 Å². The minimum atomic E-state index is -0.478. The molecule has 1 saturated carbocycles. The molecule has 0 N–H and O–H groups in total. The number of carbonyl (C=O) groups is 2. The van der Waals surface area contributed by atoms with Crippen LogP contribution in [0, 0.1) is 0 Å². The van der Waals surface area contributed by atoms with E-state index < -0.39 is 5.97 Å². The van der Waals surface area contributed by atoms with Crippen molar-refractivity contribution >= 4 is 34.4 Å². The van der Waals surface area contributed by atoms with Crippen molar-refractivity contribution in [2.75, 3.05) is 12.9 Å². The van der Waals surface area contributed by atoms with E-state index >= 15 is 0 Å². The Morgan fingerprint density at radius 2 is 1.87 bits per heavy atom. The predicted octanol–water partition coefficient (Wildman–Crippen LogP) is 3.81. The largest absolute Gasteiger partial charge is 0.457 e. The fraction of sp³-hybridized carbons (Fsp3) is 0.304. The van der Waals surface area contributed by atoms with Crippen molar-refractivity contribution in [3.63, 3.8) is 0 Å². The number of hydrogen-bond acceptors (Lipinski definition) is 6. The van der Waals surface area contributed by atoms with Gasteiger partial charge >= 0.3 is 5.97 Å². The number of carbonyl (C=O) groups excluding carboxylic acids is 2. The Bertz CT molecular complexity index is 1150. The Balaban J connectivity index is 1.40. The van der Waals surface area contributed by atoms with E-state index in [1.165, 1.54) is 0 Å². The molecule has 1 aromatic heterocycles. The number of rotatable bonds is 8. The van der Waals surface area contributed by atoms with Crippen LogP contribution in [0.4, 0.5) is 0 Å². The average Bonchev–Trinajstić information content (AvgIpc) is 3.61. The van der Waals surface area contributed by atoms with Gasteiger partial charge in [-0.15, -0.1) is 11.8 Å². The molecular weight excluding hydrogens is 400 g/mol. The van der Waals surface area contributed by atoms with E-state index in [0.29, 0.717) is 28.7 Å². The van der Waals surface area contributed by atoms with Crippen LogP contribution in [-0.4, -0.2) is 34.2 Å². The molecule has 3 aromatic rings.